The molecule has 3 nitrogen and oxygen atoms in total. The van der Waals surface area contributed by atoms with Crippen molar-refractivity contribution in [2.45, 2.75) is 18.4 Å². The van der Waals surface area contributed by atoms with Crippen LogP contribution in [0.25, 0.3) is 0 Å². The molecule has 15 heavy (non-hydrogen) atoms. The van der Waals surface area contributed by atoms with E-state index in [1.165, 1.54) is 7.11 Å². The van der Waals surface area contributed by atoms with Crippen molar-refractivity contribution in [3.05, 3.63) is 35.9 Å². The van der Waals surface area contributed by atoms with Gasteiger partial charge in [0, 0.05) is 5.92 Å². The maximum absolute atomic E-state index is 11.6. The SMILES string of the molecule is COC(=O)C(O)(c1ccccc1)C1CC1. The Morgan fingerprint density at radius 2 is 2.00 bits per heavy atom. The lowest BCUT2D eigenvalue weighted by atomic mass is 9.89. The second-order valence-corrected chi connectivity index (χ2v) is 3.90. The van der Waals surface area contributed by atoms with Crippen LogP contribution in [0.1, 0.15) is 18.4 Å². The monoisotopic (exact) mass is 206 g/mol. The second kappa shape index (κ2) is 3.66. The number of rotatable bonds is 3. The molecule has 2 rings (SSSR count). The molecule has 1 N–H and O–H groups in total. The fourth-order valence-corrected chi connectivity index (χ4v) is 1.87. The zero-order valence-corrected chi connectivity index (χ0v) is 8.64. The summed E-state index contributed by atoms with van der Waals surface area (Å²) < 4.78 is 4.68. The summed E-state index contributed by atoms with van der Waals surface area (Å²) in [6.07, 6.45) is 1.75. The lowest BCUT2D eigenvalue weighted by Crippen LogP contribution is -2.39. The third-order valence-electron chi connectivity index (χ3n) is 2.88. The molecule has 0 heterocycles. The summed E-state index contributed by atoms with van der Waals surface area (Å²) in [6, 6.07) is 9.00. The number of carbonyl (C=O) groups excluding carboxylic acids is 1. The summed E-state index contributed by atoms with van der Waals surface area (Å²) >= 11 is 0. The minimum Gasteiger partial charge on any atom is -0.467 e. The van der Waals surface area contributed by atoms with Gasteiger partial charge < -0.3 is 9.84 Å². The van der Waals surface area contributed by atoms with Crippen LogP contribution in [-0.4, -0.2) is 18.2 Å². The minimum atomic E-state index is -1.45. The topological polar surface area (TPSA) is 46.5 Å². The van der Waals surface area contributed by atoms with Gasteiger partial charge in [-0.2, -0.15) is 0 Å². The number of hydrogen-bond donors (Lipinski definition) is 1. The van der Waals surface area contributed by atoms with Crippen LogP contribution in [0, 0.1) is 5.92 Å². The highest BCUT2D eigenvalue weighted by Crippen LogP contribution is 2.46. The van der Waals surface area contributed by atoms with E-state index in [2.05, 4.69) is 4.74 Å². The van der Waals surface area contributed by atoms with Crippen molar-refractivity contribution < 1.29 is 14.6 Å². The standard InChI is InChI=1S/C12H14O3/c1-15-11(13)12(14,10-7-8-10)9-5-3-2-4-6-9/h2-6,10,14H,7-8H2,1H3. The maximum atomic E-state index is 11.6. The predicted molar refractivity (Wildman–Crippen MR) is 55.1 cm³/mol. The van der Waals surface area contributed by atoms with Crippen LogP contribution in [0.2, 0.25) is 0 Å². The van der Waals surface area contributed by atoms with Crippen LogP contribution in [0.5, 0.6) is 0 Å². The zero-order chi connectivity index (χ0) is 10.9. The van der Waals surface area contributed by atoms with Crippen molar-refractivity contribution >= 4 is 5.97 Å². The van der Waals surface area contributed by atoms with E-state index in [1.54, 1.807) is 12.1 Å². The van der Waals surface area contributed by atoms with E-state index in [0.717, 1.165) is 12.8 Å². The molecule has 0 amide bonds. The number of benzene rings is 1. The first kappa shape index (κ1) is 10.2. The van der Waals surface area contributed by atoms with Gasteiger partial charge in [0.05, 0.1) is 7.11 Å². The van der Waals surface area contributed by atoms with Crippen LogP contribution in [0.3, 0.4) is 0 Å². The Morgan fingerprint density at radius 1 is 1.40 bits per heavy atom. The molecule has 80 valence electrons. The fourth-order valence-electron chi connectivity index (χ4n) is 1.87. The Balaban J connectivity index is 2.38. The number of aliphatic hydroxyl groups is 1. The van der Waals surface area contributed by atoms with Crippen LogP contribution >= 0.6 is 0 Å². The Kier molecular flexibility index (Phi) is 2.49. The Morgan fingerprint density at radius 3 is 2.47 bits per heavy atom. The second-order valence-electron chi connectivity index (χ2n) is 3.90. The molecule has 1 aromatic carbocycles. The maximum Gasteiger partial charge on any atom is 0.342 e. The molecule has 1 saturated carbocycles. The van der Waals surface area contributed by atoms with Crippen molar-refractivity contribution in [1.29, 1.82) is 0 Å². The molecule has 1 aliphatic rings. The molecule has 3 heteroatoms. The van der Waals surface area contributed by atoms with Crippen molar-refractivity contribution in [2.24, 2.45) is 5.92 Å². The Hall–Kier alpha value is -1.35. The van der Waals surface area contributed by atoms with Crippen molar-refractivity contribution in [1.82, 2.24) is 0 Å². The van der Waals surface area contributed by atoms with E-state index >= 15 is 0 Å². The molecule has 1 fully saturated rings. The van der Waals surface area contributed by atoms with Gasteiger partial charge in [-0.15, -0.1) is 0 Å². The van der Waals surface area contributed by atoms with Gasteiger partial charge in [-0.1, -0.05) is 30.3 Å². The van der Waals surface area contributed by atoms with Gasteiger partial charge in [0.1, 0.15) is 0 Å². The first-order chi connectivity index (χ1) is 7.19. The van der Waals surface area contributed by atoms with Gasteiger partial charge >= 0.3 is 5.97 Å². The van der Waals surface area contributed by atoms with Gasteiger partial charge in [-0.05, 0) is 18.4 Å². The highest BCUT2D eigenvalue weighted by Gasteiger charge is 2.51. The average Bonchev–Trinajstić information content (AvgIpc) is 3.12. The summed E-state index contributed by atoms with van der Waals surface area (Å²) in [7, 11) is 1.30. The third-order valence-corrected chi connectivity index (χ3v) is 2.88. The van der Waals surface area contributed by atoms with E-state index in [-0.39, 0.29) is 5.92 Å². The predicted octanol–water partition coefficient (Wildman–Crippen LogP) is 1.46. The molecule has 0 radical (unpaired) electrons. The molecule has 1 aliphatic carbocycles. The van der Waals surface area contributed by atoms with E-state index in [0.29, 0.717) is 5.56 Å². The molecule has 0 bridgehead atoms. The number of hydrogen-bond acceptors (Lipinski definition) is 3. The largest absolute Gasteiger partial charge is 0.467 e. The van der Waals surface area contributed by atoms with E-state index in [1.807, 2.05) is 18.2 Å². The molecule has 0 aliphatic heterocycles. The molecular weight excluding hydrogens is 192 g/mol. The normalized spacial score (nSPS) is 19.3. The van der Waals surface area contributed by atoms with E-state index < -0.39 is 11.6 Å². The molecule has 0 spiro atoms. The average molecular weight is 206 g/mol. The molecule has 1 atom stereocenters. The van der Waals surface area contributed by atoms with Gasteiger partial charge in [0.2, 0.25) is 0 Å². The van der Waals surface area contributed by atoms with Crippen LogP contribution in [0.4, 0.5) is 0 Å². The van der Waals surface area contributed by atoms with Gasteiger partial charge in [0.15, 0.2) is 5.60 Å². The molecule has 0 saturated heterocycles. The van der Waals surface area contributed by atoms with E-state index in [9.17, 15) is 9.90 Å². The van der Waals surface area contributed by atoms with Crippen molar-refractivity contribution in [3.8, 4) is 0 Å². The number of methoxy groups -OCH3 is 1. The number of esters is 1. The summed E-state index contributed by atoms with van der Waals surface area (Å²) in [5.74, 6) is -0.552. The van der Waals surface area contributed by atoms with Gasteiger partial charge in [-0.3, -0.25) is 0 Å². The van der Waals surface area contributed by atoms with Crippen LogP contribution in [0.15, 0.2) is 30.3 Å². The van der Waals surface area contributed by atoms with Crippen LogP contribution < -0.4 is 0 Å². The summed E-state index contributed by atoms with van der Waals surface area (Å²) in [6.45, 7) is 0. The molecule has 0 aromatic heterocycles. The quantitative estimate of drug-likeness (QED) is 0.761. The fraction of sp³-hybridized carbons (Fsp3) is 0.417. The zero-order valence-electron chi connectivity index (χ0n) is 8.64. The lowest BCUT2D eigenvalue weighted by molar-refractivity contribution is -0.166. The van der Waals surface area contributed by atoms with Crippen molar-refractivity contribution in [3.63, 3.8) is 0 Å². The molecule has 1 aromatic rings. The first-order valence-electron chi connectivity index (χ1n) is 5.06. The van der Waals surface area contributed by atoms with Gasteiger partial charge in [-0.25, -0.2) is 4.79 Å². The molecule has 1 unspecified atom stereocenters. The van der Waals surface area contributed by atoms with Crippen LogP contribution in [-0.2, 0) is 15.1 Å². The summed E-state index contributed by atoms with van der Waals surface area (Å²) in [4.78, 5) is 11.6. The van der Waals surface area contributed by atoms with Gasteiger partial charge in [0.25, 0.3) is 0 Å². The van der Waals surface area contributed by atoms with E-state index in [4.69, 9.17) is 0 Å². The summed E-state index contributed by atoms with van der Waals surface area (Å²) in [5.41, 5.74) is -0.824. The first-order valence-corrected chi connectivity index (χ1v) is 5.06. The lowest BCUT2D eigenvalue weighted by Gasteiger charge is -2.25. The highest BCUT2D eigenvalue weighted by atomic mass is 16.5. The smallest absolute Gasteiger partial charge is 0.342 e. The summed E-state index contributed by atoms with van der Waals surface area (Å²) in [5, 5.41) is 10.4. The number of ether oxygens (including phenoxy) is 1. The Bertz CT molecular complexity index is 356. The Labute approximate surface area is 88.7 Å². The van der Waals surface area contributed by atoms with Crippen molar-refractivity contribution in [2.75, 3.05) is 7.11 Å². The third kappa shape index (κ3) is 1.63. The highest BCUT2D eigenvalue weighted by molar-refractivity contribution is 5.81. The number of carbonyl (C=O) groups is 1. The molecular formula is C12H14O3. The minimum absolute atomic E-state index is 0.00681.